The molecule has 31 heavy (non-hydrogen) atoms. The van der Waals surface area contributed by atoms with Crippen molar-refractivity contribution >= 4 is 0 Å². The molecule has 162 valence electrons. The number of halogens is 1. The minimum absolute atomic E-state index is 0.128. The van der Waals surface area contributed by atoms with Gasteiger partial charge in [-0.1, -0.05) is 18.2 Å². The molecule has 1 aliphatic heterocycles. The minimum Gasteiger partial charge on any atom is -0.487 e. The van der Waals surface area contributed by atoms with Crippen LogP contribution in [-0.4, -0.2) is 39.3 Å². The van der Waals surface area contributed by atoms with Gasteiger partial charge in [-0.25, -0.2) is 4.39 Å². The van der Waals surface area contributed by atoms with Crippen LogP contribution in [0.5, 0.6) is 5.75 Å². The van der Waals surface area contributed by atoms with Crippen LogP contribution >= 0.6 is 0 Å². The summed E-state index contributed by atoms with van der Waals surface area (Å²) >= 11 is 0. The highest BCUT2D eigenvalue weighted by Crippen LogP contribution is 2.21. The summed E-state index contributed by atoms with van der Waals surface area (Å²) < 4.78 is 20.2. The summed E-state index contributed by atoms with van der Waals surface area (Å²) in [4.78, 5) is 18.7. The van der Waals surface area contributed by atoms with Crippen molar-refractivity contribution in [2.24, 2.45) is 0 Å². The molecule has 0 saturated heterocycles. The van der Waals surface area contributed by atoms with Crippen molar-refractivity contribution in [2.45, 2.75) is 32.5 Å². The quantitative estimate of drug-likeness (QED) is 0.603. The number of aromatic nitrogens is 2. The molecule has 1 N–H and O–H groups in total. The number of ether oxygens (including phenoxy) is 1. The van der Waals surface area contributed by atoms with Gasteiger partial charge in [0.1, 0.15) is 18.2 Å². The maximum Gasteiger partial charge on any atom is 0.254 e. The summed E-state index contributed by atoms with van der Waals surface area (Å²) in [6, 6.07) is 12.6. The van der Waals surface area contributed by atoms with Crippen molar-refractivity contribution in [2.75, 3.05) is 19.7 Å². The van der Waals surface area contributed by atoms with Gasteiger partial charge >= 0.3 is 0 Å². The van der Waals surface area contributed by atoms with Crippen molar-refractivity contribution < 1.29 is 14.2 Å². The molecule has 0 radical (unpaired) electrons. The Hall–Kier alpha value is -3.03. The van der Waals surface area contributed by atoms with E-state index < -0.39 is 5.82 Å². The lowest BCUT2D eigenvalue weighted by atomic mass is 9.96. The molecule has 6 nitrogen and oxygen atoms in total. The van der Waals surface area contributed by atoms with Crippen molar-refractivity contribution in [1.82, 2.24) is 14.5 Å². The smallest absolute Gasteiger partial charge is 0.254 e. The topological polar surface area (TPSA) is 67.6 Å². The molecule has 0 bridgehead atoms. The van der Waals surface area contributed by atoms with E-state index in [1.54, 1.807) is 22.9 Å². The summed E-state index contributed by atoms with van der Waals surface area (Å²) in [6.07, 6.45) is 4.63. The Kier molecular flexibility index (Phi) is 6.74. The van der Waals surface area contributed by atoms with Gasteiger partial charge in [-0.15, -0.1) is 0 Å². The van der Waals surface area contributed by atoms with Crippen LogP contribution in [0.4, 0.5) is 4.39 Å². The van der Waals surface area contributed by atoms with Crippen LogP contribution < -0.4 is 10.3 Å². The van der Waals surface area contributed by atoms with E-state index in [9.17, 15) is 14.3 Å². The van der Waals surface area contributed by atoms with Crippen LogP contribution in [0.3, 0.4) is 0 Å². The fourth-order valence-corrected chi connectivity index (χ4v) is 3.82. The van der Waals surface area contributed by atoms with Crippen molar-refractivity contribution in [3.63, 3.8) is 0 Å². The summed E-state index contributed by atoms with van der Waals surface area (Å²) in [5.74, 6) is 0.0675. The summed E-state index contributed by atoms with van der Waals surface area (Å²) in [5.41, 5.74) is 4.33. The molecular weight excluding hydrogens is 397 g/mol. The van der Waals surface area contributed by atoms with Gasteiger partial charge in [0.05, 0.1) is 18.5 Å². The number of aliphatic hydroxyl groups excluding tert-OH is 1. The number of rotatable bonds is 8. The third-order valence-corrected chi connectivity index (χ3v) is 5.56. The van der Waals surface area contributed by atoms with Gasteiger partial charge in [0.2, 0.25) is 0 Å². The number of β-amino-alcohol motifs (C(OH)–C–C–N with tert-alkyl or cyclic N) is 1. The van der Waals surface area contributed by atoms with Crippen molar-refractivity contribution in [3.05, 3.63) is 93.4 Å². The monoisotopic (exact) mass is 423 g/mol. The van der Waals surface area contributed by atoms with E-state index in [4.69, 9.17) is 4.74 Å². The first-order chi connectivity index (χ1) is 15.1. The van der Waals surface area contributed by atoms with Crippen LogP contribution in [0.2, 0.25) is 0 Å². The lowest BCUT2D eigenvalue weighted by Crippen LogP contribution is -2.32. The van der Waals surface area contributed by atoms with Crippen molar-refractivity contribution in [3.8, 4) is 5.75 Å². The average molecular weight is 423 g/mol. The highest BCUT2D eigenvalue weighted by molar-refractivity contribution is 5.34. The van der Waals surface area contributed by atoms with Gasteiger partial charge in [-0.05, 0) is 47.7 Å². The number of fused-ring (bicyclic) bond motifs is 1. The van der Waals surface area contributed by atoms with E-state index in [0.29, 0.717) is 24.5 Å². The molecule has 0 aliphatic carbocycles. The Morgan fingerprint density at radius 1 is 1.10 bits per heavy atom. The largest absolute Gasteiger partial charge is 0.487 e. The number of aliphatic hydroxyl groups is 1. The van der Waals surface area contributed by atoms with Gasteiger partial charge < -0.3 is 14.4 Å². The molecule has 0 unspecified atom stereocenters. The van der Waals surface area contributed by atoms with Crippen LogP contribution in [0, 0.1) is 5.82 Å². The second kappa shape index (κ2) is 9.85. The molecule has 0 atom stereocenters. The Morgan fingerprint density at radius 2 is 2.00 bits per heavy atom. The van der Waals surface area contributed by atoms with Gasteiger partial charge in [0.25, 0.3) is 5.56 Å². The Labute approximate surface area is 180 Å². The number of hydrogen-bond acceptors (Lipinski definition) is 5. The minimum atomic E-state index is -0.396. The normalized spacial score (nSPS) is 13.7. The fourth-order valence-electron chi connectivity index (χ4n) is 3.82. The fraction of sp³-hybridized carbons (Fsp3) is 0.333. The van der Waals surface area contributed by atoms with E-state index in [0.717, 1.165) is 32.1 Å². The van der Waals surface area contributed by atoms with Crippen molar-refractivity contribution in [1.29, 1.82) is 0 Å². The predicted octanol–water partition coefficient (Wildman–Crippen LogP) is 2.55. The lowest BCUT2D eigenvalue weighted by molar-refractivity contribution is 0.184. The number of aryl methyl sites for hydroxylation is 2. The molecule has 3 aromatic rings. The van der Waals surface area contributed by atoms with Gasteiger partial charge in [-0.2, -0.15) is 0 Å². The third kappa shape index (κ3) is 5.57. The van der Waals surface area contributed by atoms with Crippen LogP contribution in [-0.2, 0) is 32.5 Å². The zero-order valence-corrected chi connectivity index (χ0v) is 17.3. The summed E-state index contributed by atoms with van der Waals surface area (Å²) in [5, 5.41) is 9.18. The number of pyridine rings is 2. The SMILES string of the molecule is O=c1cc(OCc2ccc(F)cn2)ccn1CCc1ccc2c(c1)CN(CCO)CC2. The molecule has 0 saturated carbocycles. The average Bonchev–Trinajstić information content (AvgIpc) is 2.78. The summed E-state index contributed by atoms with van der Waals surface area (Å²) in [7, 11) is 0. The van der Waals surface area contributed by atoms with E-state index in [1.807, 2.05) is 0 Å². The molecule has 2 aromatic heterocycles. The first-order valence-electron chi connectivity index (χ1n) is 10.5. The van der Waals surface area contributed by atoms with Gasteiger partial charge in [-0.3, -0.25) is 14.7 Å². The Morgan fingerprint density at radius 3 is 2.77 bits per heavy atom. The Bertz CT molecular complexity index is 1080. The molecule has 1 aliphatic rings. The van der Waals surface area contributed by atoms with Crippen LogP contribution in [0.15, 0.2) is 59.7 Å². The van der Waals surface area contributed by atoms with Gasteiger partial charge in [0, 0.05) is 38.4 Å². The molecule has 0 spiro atoms. The molecule has 0 fully saturated rings. The standard InChI is InChI=1S/C24H26FN3O3/c25-21-3-4-22(26-15-21)17-31-23-7-10-28(24(30)14-23)9-5-18-1-2-19-6-8-27(11-12-29)16-20(19)13-18/h1-4,7,10,13-15,29H,5-6,8-9,11-12,16-17H2. The van der Waals surface area contributed by atoms with E-state index in [2.05, 4.69) is 28.1 Å². The maximum atomic E-state index is 12.9. The highest BCUT2D eigenvalue weighted by atomic mass is 19.1. The number of hydrogen-bond donors (Lipinski definition) is 1. The van der Waals surface area contributed by atoms with E-state index >= 15 is 0 Å². The molecule has 7 heteroatoms. The number of benzene rings is 1. The third-order valence-electron chi connectivity index (χ3n) is 5.56. The Balaban J connectivity index is 1.35. The lowest BCUT2D eigenvalue weighted by Gasteiger charge is -2.28. The highest BCUT2D eigenvalue weighted by Gasteiger charge is 2.16. The molecule has 3 heterocycles. The number of nitrogens with zero attached hydrogens (tertiary/aromatic N) is 3. The second-order valence-electron chi connectivity index (χ2n) is 7.75. The first kappa shape index (κ1) is 21.2. The zero-order valence-electron chi connectivity index (χ0n) is 17.3. The molecule has 4 rings (SSSR count). The second-order valence-corrected chi connectivity index (χ2v) is 7.75. The molecular formula is C24H26FN3O3. The first-order valence-corrected chi connectivity index (χ1v) is 10.5. The molecule has 1 aromatic carbocycles. The van der Waals surface area contributed by atoms with E-state index in [-0.39, 0.29) is 18.8 Å². The van der Waals surface area contributed by atoms with Gasteiger partial charge in [0.15, 0.2) is 0 Å². The van der Waals surface area contributed by atoms with Crippen LogP contribution in [0.25, 0.3) is 0 Å². The zero-order chi connectivity index (χ0) is 21.6. The summed E-state index contributed by atoms with van der Waals surface area (Å²) in [6.45, 7) is 3.47. The molecule has 0 amide bonds. The van der Waals surface area contributed by atoms with Crippen LogP contribution in [0.1, 0.15) is 22.4 Å². The predicted molar refractivity (Wildman–Crippen MR) is 115 cm³/mol. The van der Waals surface area contributed by atoms with E-state index in [1.165, 1.54) is 28.8 Å². The maximum absolute atomic E-state index is 12.9.